The number of hydrogen-bond donors (Lipinski definition) is 4. The van der Waals surface area contributed by atoms with E-state index in [9.17, 15) is 33.6 Å². The van der Waals surface area contributed by atoms with E-state index in [1.165, 1.54) is 7.05 Å². The fourth-order valence-electron chi connectivity index (χ4n) is 4.92. The number of carbonyl (C=O) groups is 7. The molecule has 0 aromatic heterocycles. The Labute approximate surface area is 278 Å². The highest BCUT2D eigenvalue weighted by molar-refractivity contribution is 5.94. The minimum atomic E-state index is -1.42. The van der Waals surface area contributed by atoms with E-state index in [0.717, 1.165) is 30.2 Å². The van der Waals surface area contributed by atoms with E-state index in [1.54, 1.807) is 42.5 Å². The highest BCUT2D eigenvalue weighted by atomic mass is 16.5. The predicted molar refractivity (Wildman–Crippen MR) is 173 cm³/mol. The quantitative estimate of drug-likeness (QED) is 0.314. The Morgan fingerprint density at radius 3 is 2.00 bits per heavy atom. The number of methoxy groups -OCH3 is 2. The van der Waals surface area contributed by atoms with Crippen molar-refractivity contribution in [1.29, 1.82) is 0 Å². The molecule has 2 aromatic rings. The van der Waals surface area contributed by atoms with E-state index in [1.807, 2.05) is 30.3 Å². The number of nitrogens with zero attached hydrogens (tertiary/aromatic N) is 1. The number of nitrogens with one attached hydrogen (secondary N) is 4. The summed E-state index contributed by atoms with van der Waals surface area (Å²) in [6.07, 6.45) is 2.16. The van der Waals surface area contributed by atoms with Crippen LogP contribution in [-0.4, -0.2) is 98.4 Å². The molecule has 4 N–H and O–H groups in total. The van der Waals surface area contributed by atoms with Crippen LogP contribution in [0.2, 0.25) is 0 Å². The van der Waals surface area contributed by atoms with E-state index >= 15 is 0 Å². The van der Waals surface area contributed by atoms with Crippen LogP contribution in [0.15, 0.2) is 66.7 Å². The third-order valence-electron chi connectivity index (χ3n) is 7.47. The zero-order chi connectivity index (χ0) is 35.1. The summed E-state index contributed by atoms with van der Waals surface area (Å²) in [7, 11) is 3.59. The lowest BCUT2D eigenvalue weighted by Crippen LogP contribution is -2.53. The number of hydrogen-bond acceptors (Lipinski definition) is 9. The molecule has 0 saturated carbocycles. The maximum absolute atomic E-state index is 13.8. The number of ether oxygens (including phenoxy) is 2. The van der Waals surface area contributed by atoms with Crippen LogP contribution < -0.4 is 21.3 Å². The zero-order valence-corrected chi connectivity index (χ0v) is 27.1. The van der Waals surface area contributed by atoms with Gasteiger partial charge in [0.05, 0.1) is 39.6 Å². The van der Waals surface area contributed by atoms with E-state index in [-0.39, 0.29) is 25.7 Å². The van der Waals surface area contributed by atoms with Crippen LogP contribution in [0, 0.1) is 0 Å². The lowest BCUT2D eigenvalue weighted by atomic mass is 10.0. The second kappa shape index (κ2) is 18.6. The molecule has 4 atom stereocenters. The Hall–Kier alpha value is -5.53. The molecule has 3 rings (SSSR count). The standard InChI is InChI=1S/C34H41N5O9/c1-39-21-30(42)38-27(34(46)48-3)20-29(41)37-26(18-23-12-8-5-9-13-23)32(44)35-24(15-14-22-10-6-4-7-11-22)19-28(40)36-25(33(45)47-2)16-17-31(39)43/h4-15,24-27H,16-21H2,1-3H3,(H,35,44)(H,36,40)(H,37,41)(H,38,42)/b15-14+/t24-,25+,26-,27+/m0/s1. The molecule has 14 heteroatoms. The van der Waals surface area contributed by atoms with E-state index in [2.05, 4.69) is 21.3 Å². The first-order valence-corrected chi connectivity index (χ1v) is 15.3. The highest BCUT2D eigenvalue weighted by Gasteiger charge is 2.31. The number of rotatable bonds is 6. The fourth-order valence-corrected chi connectivity index (χ4v) is 4.92. The smallest absolute Gasteiger partial charge is 0.328 e. The Bertz CT molecular complexity index is 1480. The highest BCUT2D eigenvalue weighted by Crippen LogP contribution is 2.10. The number of amides is 5. The average molecular weight is 664 g/mol. The molecule has 0 unspecified atom stereocenters. The van der Waals surface area contributed by atoms with Crippen LogP contribution in [0.5, 0.6) is 0 Å². The number of likely N-dealkylation sites (N-methyl/N-ethyl adjacent to an activating group) is 1. The third kappa shape index (κ3) is 12.0. The summed E-state index contributed by atoms with van der Waals surface area (Å²) in [5.41, 5.74) is 1.51. The van der Waals surface area contributed by atoms with Gasteiger partial charge in [-0.3, -0.25) is 24.0 Å². The van der Waals surface area contributed by atoms with Crippen LogP contribution in [0.25, 0.3) is 6.08 Å². The first-order valence-electron chi connectivity index (χ1n) is 15.3. The summed E-state index contributed by atoms with van der Waals surface area (Å²) in [5.74, 6) is -4.95. The van der Waals surface area contributed by atoms with E-state index in [0.29, 0.717) is 0 Å². The van der Waals surface area contributed by atoms with Crippen molar-refractivity contribution >= 4 is 47.6 Å². The topological polar surface area (TPSA) is 189 Å². The van der Waals surface area contributed by atoms with Crippen molar-refractivity contribution in [1.82, 2.24) is 26.2 Å². The molecular formula is C34H41N5O9. The number of esters is 2. The molecule has 5 amide bonds. The van der Waals surface area contributed by atoms with Gasteiger partial charge in [0.1, 0.15) is 18.1 Å². The van der Waals surface area contributed by atoms with Crippen molar-refractivity contribution in [3.63, 3.8) is 0 Å². The molecule has 2 aromatic carbocycles. The van der Waals surface area contributed by atoms with Crippen molar-refractivity contribution in [2.45, 2.75) is 56.3 Å². The van der Waals surface area contributed by atoms with Gasteiger partial charge in [0.2, 0.25) is 29.5 Å². The predicted octanol–water partition coefficient (Wildman–Crippen LogP) is 0.260. The normalized spacial score (nSPS) is 22.2. The third-order valence-corrected chi connectivity index (χ3v) is 7.47. The van der Waals surface area contributed by atoms with Gasteiger partial charge in [-0.2, -0.15) is 0 Å². The molecule has 256 valence electrons. The molecule has 1 heterocycles. The van der Waals surface area contributed by atoms with Crippen molar-refractivity contribution < 1.29 is 43.0 Å². The van der Waals surface area contributed by atoms with Gasteiger partial charge < -0.3 is 35.6 Å². The van der Waals surface area contributed by atoms with Gasteiger partial charge in [-0.05, 0) is 17.5 Å². The fraction of sp³-hybridized carbons (Fsp3) is 0.382. The van der Waals surface area contributed by atoms with Gasteiger partial charge in [-0.1, -0.05) is 72.8 Å². The second-order valence-corrected chi connectivity index (χ2v) is 11.2. The number of benzene rings is 2. The summed E-state index contributed by atoms with van der Waals surface area (Å²) in [6.45, 7) is -0.475. The SMILES string of the molecule is COC(=O)[C@H]1CCC(=O)N(C)CC(=O)N[C@@H](C(=O)OC)CC(=O)N[C@@H](Cc2ccccc2)C(=O)N[C@@H](/C=C/c2ccccc2)CC(=O)N1. The molecule has 1 aliphatic rings. The Morgan fingerprint density at radius 1 is 0.771 bits per heavy atom. The van der Waals surface area contributed by atoms with Crippen molar-refractivity contribution in [3.8, 4) is 0 Å². The van der Waals surface area contributed by atoms with Crippen LogP contribution in [-0.2, 0) is 49.5 Å². The van der Waals surface area contributed by atoms with Gasteiger partial charge in [-0.15, -0.1) is 0 Å². The van der Waals surface area contributed by atoms with E-state index in [4.69, 9.17) is 9.47 Å². The van der Waals surface area contributed by atoms with Crippen molar-refractivity contribution in [3.05, 3.63) is 77.9 Å². The molecular weight excluding hydrogens is 622 g/mol. The molecule has 0 radical (unpaired) electrons. The molecule has 14 nitrogen and oxygen atoms in total. The molecule has 1 aliphatic heterocycles. The molecule has 48 heavy (non-hydrogen) atoms. The lowest BCUT2D eigenvalue weighted by Gasteiger charge is -2.24. The number of carbonyl (C=O) groups excluding carboxylic acids is 7. The first-order chi connectivity index (χ1) is 23.0. The van der Waals surface area contributed by atoms with Crippen LogP contribution in [0.4, 0.5) is 0 Å². The van der Waals surface area contributed by atoms with Crippen molar-refractivity contribution in [2.24, 2.45) is 0 Å². The van der Waals surface area contributed by atoms with Crippen molar-refractivity contribution in [2.75, 3.05) is 27.8 Å². The summed E-state index contributed by atoms with van der Waals surface area (Å²) < 4.78 is 9.61. The minimum absolute atomic E-state index is 0.0618. The second-order valence-electron chi connectivity index (χ2n) is 11.2. The summed E-state index contributed by atoms with van der Waals surface area (Å²) in [4.78, 5) is 92.1. The average Bonchev–Trinajstić information content (AvgIpc) is 3.07. The van der Waals surface area contributed by atoms with Crippen LogP contribution >= 0.6 is 0 Å². The van der Waals surface area contributed by atoms with Crippen LogP contribution in [0.3, 0.4) is 0 Å². The summed E-state index contributed by atoms with van der Waals surface area (Å²) in [5, 5.41) is 10.4. The van der Waals surface area contributed by atoms with Gasteiger partial charge in [0.25, 0.3) is 0 Å². The van der Waals surface area contributed by atoms with Crippen LogP contribution in [0.1, 0.15) is 36.8 Å². The van der Waals surface area contributed by atoms with Gasteiger partial charge in [0, 0.05) is 19.9 Å². The van der Waals surface area contributed by atoms with Gasteiger partial charge in [-0.25, -0.2) is 9.59 Å². The first kappa shape index (κ1) is 36.9. The lowest BCUT2D eigenvalue weighted by molar-refractivity contribution is -0.147. The monoisotopic (exact) mass is 663 g/mol. The zero-order valence-electron chi connectivity index (χ0n) is 27.1. The summed E-state index contributed by atoms with van der Waals surface area (Å²) >= 11 is 0. The van der Waals surface area contributed by atoms with Gasteiger partial charge in [0.15, 0.2) is 0 Å². The Balaban J connectivity index is 1.99. The maximum atomic E-state index is 13.8. The van der Waals surface area contributed by atoms with E-state index < -0.39 is 78.6 Å². The Morgan fingerprint density at radius 2 is 1.35 bits per heavy atom. The maximum Gasteiger partial charge on any atom is 0.328 e. The van der Waals surface area contributed by atoms with Gasteiger partial charge >= 0.3 is 11.9 Å². The molecule has 1 fully saturated rings. The largest absolute Gasteiger partial charge is 0.467 e. The molecule has 0 spiro atoms. The Kier molecular flexibility index (Phi) is 14.3. The molecule has 0 bridgehead atoms. The molecule has 0 aliphatic carbocycles. The minimum Gasteiger partial charge on any atom is -0.467 e. The summed E-state index contributed by atoms with van der Waals surface area (Å²) in [6, 6.07) is 13.4. The molecule has 1 saturated heterocycles.